The maximum absolute atomic E-state index is 13.2. The number of alkyl halides is 3. The van der Waals surface area contributed by atoms with Crippen molar-refractivity contribution < 1.29 is 32.3 Å². The van der Waals surface area contributed by atoms with Crippen LogP contribution in [0.5, 0.6) is 0 Å². The summed E-state index contributed by atoms with van der Waals surface area (Å²) in [5, 5.41) is 5.02. The minimum absolute atomic E-state index is 0.112. The van der Waals surface area contributed by atoms with Crippen molar-refractivity contribution >= 4 is 23.5 Å². The molecule has 1 aliphatic rings. The van der Waals surface area contributed by atoms with Gasteiger partial charge in [-0.05, 0) is 42.2 Å². The number of ether oxygens (including phenoxy) is 1. The van der Waals surface area contributed by atoms with Crippen LogP contribution >= 0.6 is 0 Å². The third-order valence-corrected chi connectivity index (χ3v) is 4.81. The van der Waals surface area contributed by atoms with Crippen molar-refractivity contribution in [1.29, 1.82) is 0 Å². The first-order chi connectivity index (χ1) is 14.2. The fourth-order valence-corrected chi connectivity index (χ4v) is 3.21. The van der Waals surface area contributed by atoms with Crippen LogP contribution in [-0.4, -0.2) is 31.4 Å². The summed E-state index contributed by atoms with van der Waals surface area (Å²) in [7, 11) is 1.20. The lowest BCUT2D eigenvalue weighted by molar-refractivity contribution is -0.139. The predicted molar refractivity (Wildman–Crippen MR) is 102 cm³/mol. The van der Waals surface area contributed by atoms with Crippen LogP contribution in [0.4, 0.5) is 18.9 Å². The van der Waals surface area contributed by atoms with Crippen LogP contribution in [0.25, 0.3) is 0 Å². The van der Waals surface area contributed by atoms with Crippen molar-refractivity contribution in [3.8, 4) is 0 Å². The lowest BCUT2D eigenvalue weighted by atomic mass is 10.0. The van der Waals surface area contributed by atoms with E-state index in [1.165, 1.54) is 37.4 Å². The molecule has 2 unspecified atom stereocenters. The smallest absolute Gasteiger partial charge is 0.416 e. The second kappa shape index (κ2) is 8.56. The third-order valence-electron chi connectivity index (χ3n) is 4.81. The highest BCUT2D eigenvalue weighted by Crippen LogP contribution is 2.51. The molecule has 0 saturated heterocycles. The average molecular weight is 420 g/mol. The summed E-state index contributed by atoms with van der Waals surface area (Å²) < 4.78 is 44.0. The lowest BCUT2D eigenvalue weighted by Gasteiger charge is -2.12. The average Bonchev–Trinajstić information content (AvgIpc) is 3.52. The van der Waals surface area contributed by atoms with Crippen molar-refractivity contribution in [1.82, 2.24) is 5.32 Å². The molecule has 2 aromatic rings. The van der Waals surface area contributed by atoms with Crippen molar-refractivity contribution in [2.75, 3.05) is 19.0 Å². The first-order valence-electron chi connectivity index (χ1n) is 9.12. The van der Waals surface area contributed by atoms with Gasteiger partial charge in [0.05, 0.1) is 12.7 Å². The summed E-state index contributed by atoms with van der Waals surface area (Å²) in [5.41, 5.74) is -0.0670. The van der Waals surface area contributed by atoms with Gasteiger partial charge in [0.2, 0.25) is 5.91 Å². The fourth-order valence-electron chi connectivity index (χ4n) is 3.21. The van der Waals surface area contributed by atoms with E-state index in [0.29, 0.717) is 12.1 Å². The second-order valence-corrected chi connectivity index (χ2v) is 6.86. The standard InChI is InChI=1S/C21H19F3N2O4/c1-30-18(27)11-25-19(28)12-5-4-6-13(9-12)26-20(29)16-10-15(16)14-7-2-3-8-17(14)21(22,23)24/h2-9,15-16H,10-11H2,1H3,(H,25,28)(H,26,29). The number of methoxy groups -OCH3 is 1. The summed E-state index contributed by atoms with van der Waals surface area (Å²) in [4.78, 5) is 35.7. The molecule has 0 heterocycles. The number of carbonyl (C=O) groups excluding carboxylic acids is 3. The molecule has 9 heteroatoms. The van der Waals surface area contributed by atoms with Crippen LogP contribution in [0.3, 0.4) is 0 Å². The molecule has 0 aliphatic heterocycles. The van der Waals surface area contributed by atoms with E-state index in [1.54, 1.807) is 12.1 Å². The molecule has 2 N–H and O–H groups in total. The second-order valence-electron chi connectivity index (χ2n) is 6.86. The highest BCUT2D eigenvalue weighted by atomic mass is 19.4. The van der Waals surface area contributed by atoms with Crippen LogP contribution in [-0.2, 0) is 20.5 Å². The van der Waals surface area contributed by atoms with Gasteiger partial charge < -0.3 is 15.4 Å². The topological polar surface area (TPSA) is 84.5 Å². The largest absolute Gasteiger partial charge is 0.468 e. The number of amides is 2. The van der Waals surface area contributed by atoms with Gasteiger partial charge in [-0.2, -0.15) is 13.2 Å². The van der Waals surface area contributed by atoms with Crippen molar-refractivity contribution in [3.63, 3.8) is 0 Å². The number of hydrogen-bond donors (Lipinski definition) is 2. The highest BCUT2D eigenvalue weighted by Gasteiger charge is 2.47. The van der Waals surface area contributed by atoms with Gasteiger partial charge in [0.15, 0.2) is 0 Å². The first kappa shape index (κ1) is 21.4. The van der Waals surface area contributed by atoms with E-state index in [9.17, 15) is 27.6 Å². The normalized spacial score (nSPS) is 17.7. The van der Waals surface area contributed by atoms with Crippen molar-refractivity contribution in [3.05, 3.63) is 65.2 Å². The van der Waals surface area contributed by atoms with Gasteiger partial charge in [0, 0.05) is 17.2 Å². The zero-order chi connectivity index (χ0) is 21.9. The van der Waals surface area contributed by atoms with Gasteiger partial charge in [-0.1, -0.05) is 24.3 Å². The van der Waals surface area contributed by atoms with E-state index in [2.05, 4.69) is 15.4 Å². The van der Waals surface area contributed by atoms with Gasteiger partial charge in [0.1, 0.15) is 6.54 Å². The maximum Gasteiger partial charge on any atom is 0.416 e. The first-order valence-corrected chi connectivity index (χ1v) is 9.12. The van der Waals surface area contributed by atoms with Gasteiger partial charge in [-0.3, -0.25) is 14.4 Å². The lowest BCUT2D eigenvalue weighted by Crippen LogP contribution is -2.30. The molecule has 2 aromatic carbocycles. The minimum atomic E-state index is -4.48. The number of anilines is 1. The Morgan fingerprint density at radius 1 is 1.10 bits per heavy atom. The number of hydrogen-bond acceptors (Lipinski definition) is 4. The Bertz CT molecular complexity index is 975. The molecule has 158 valence electrons. The Balaban J connectivity index is 1.64. The van der Waals surface area contributed by atoms with Gasteiger partial charge in [-0.25, -0.2) is 0 Å². The van der Waals surface area contributed by atoms with E-state index in [0.717, 1.165) is 6.07 Å². The van der Waals surface area contributed by atoms with Crippen LogP contribution in [0, 0.1) is 5.92 Å². The Morgan fingerprint density at radius 3 is 2.53 bits per heavy atom. The van der Waals surface area contributed by atoms with Crippen LogP contribution in [0.2, 0.25) is 0 Å². The molecular weight excluding hydrogens is 401 g/mol. The Hall–Kier alpha value is -3.36. The number of halogens is 3. The maximum atomic E-state index is 13.2. The van der Waals surface area contributed by atoms with Crippen LogP contribution in [0.15, 0.2) is 48.5 Å². The molecule has 1 saturated carbocycles. The molecule has 1 aliphatic carbocycles. The van der Waals surface area contributed by atoms with Crippen LogP contribution in [0.1, 0.15) is 33.8 Å². The minimum Gasteiger partial charge on any atom is -0.468 e. The summed E-state index contributed by atoms with van der Waals surface area (Å²) in [6.07, 6.45) is -4.16. The Morgan fingerprint density at radius 2 is 1.83 bits per heavy atom. The van der Waals surface area contributed by atoms with E-state index in [-0.39, 0.29) is 17.7 Å². The monoisotopic (exact) mass is 420 g/mol. The van der Waals surface area contributed by atoms with Gasteiger partial charge in [0.25, 0.3) is 5.91 Å². The van der Waals surface area contributed by atoms with Crippen molar-refractivity contribution in [2.45, 2.75) is 18.5 Å². The fraction of sp³-hybridized carbons (Fsp3) is 0.286. The molecule has 2 atom stereocenters. The molecule has 30 heavy (non-hydrogen) atoms. The van der Waals surface area contributed by atoms with E-state index >= 15 is 0 Å². The molecule has 0 spiro atoms. The summed E-state index contributed by atoms with van der Waals surface area (Å²) in [5.74, 6) is -2.63. The highest BCUT2D eigenvalue weighted by molar-refractivity contribution is 5.99. The Kier molecular flexibility index (Phi) is 6.09. The molecule has 3 rings (SSSR count). The van der Waals surface area contributed by atoms with Gasteiger partial charge >= 0.3 is 12.1 Å². The molecule has 0 aromatic heterocycles. The molecule has 6 nitrogen and oxygen atoms in total. The van der Waals surface area contributed by atoms with E-state index < -0.39 is 41.4 Å². The van der Waals surface area contributed by atoms with E-state index in [1.807, 2.05) is 0 Å². The third kappa shape index (κ3) is 4.97. The number of carbonyl (C=O) groups is 3. The number of rotatable bonds is 6. The number of nitrogens with one attached hydrogen (secondary N) is 2. The Labute approximate surface area is 170 Å². The quantitative estimate of drug-likeness (QED) is 0.702. The van der Waals surface area contributed by atoms with Gasteiger partial charge in [-0.15, -0.1) is 0 Å². The van der Waals surface area contributed by atoms with Crippen LogP contribution < -0.4 is 10.6 Å². The summed E-state index contributed by atoms with van der Waals surface area (Å²) in [6.45, 7) is -0.297. The molecular formula is C21H19F3N2O4. The zero-order valence-corrected chi connectivity index (χ0v) is 16.0. The summed E-state index contributed by atoms with van der Waals surface area (Å²) >= 11 is 0. The SMILES string of the molecule is COC(=O)CNC(=O)c1cccc(NC(=O)C2CC2c2ccccc2C(F)(F)F)c1. The molecule has 1 fully saturated rings. The summed E-state index contributed by atoms with van der Waals surface area (Å²) in [6, 6.07) is 11.3. The predicted octanol–water partition coefficient (Wildman–Crippen LogP) is 3.35. The number of esters is 1. The molecule has 2 amide bonds. The molecule has 0 radical (unpaired) electrons. The molecule has 0 bridgehead atoms. The van der Waals surface area contributed by atoms with Crippen molar-refractivity contribution in [2.24, 2.45) is 5.92 Å². The zero-order valence-electron chi connectivity index (χ0n) is 16.0. The van der Waals surface area contributed by atoms with E-state index in [4.69, 9.17) is 0 Å². The number of benzene rings is 2.